The fraction of sp³-hybridized carbons (Fsp3) is 0.571. The molecular weight excluding hydrogens is 316 g/mol. The highest BCUT2D eigenvalue weighted by molar-refractivity contribution is 9.09. The SMILES string of the molecule is Clc1cc2c(c3c1CCCCC3Br)OCCCO2. The lowest BCUT2D eigenvalue weighted by Crippen LogP contribution is -2.02. The van der Waals surface area contributed by atoms with Crippen molar-refractivity contribution in [3.63, 3.8) is 0 Å². The van der Waals surface area contributed by atoms with Crippen LogP contribution in [0.2, 0.25) is 5.02 Å². The fourth-order valence-electron chi connectivity index (χ4n) is 2.69. The maximum atomic E-state index is 6.41. The second-order valence-corrected chi connectivity index (χ2v) is 6.35. The molecule has 0 saturated carbocycles. The third-order valence-electron chi connectivity index (χ3n) is 3.58. The summed E-state index contributed by atoms with van der Waals surface area (Å²) in [5.41, 5.74) is 2.46. The van der Waals surface area contributed by atoms with Crippen molar-refractivity contribution in [1.29, 1.82) is 0 Å². The highest BCUT2D eigenvalue weighted by Crippen LogP contribution is 2.48. The molecule has 2 aliphatic rings. The van der Waals surface area contributed by atoms with E-state index in [0.29, 0.717) is 11.4 Å². The van der Waals surface area contributed by atoms with Crippen LogP contribution in [0, 0.1) is 0 Å². The summed E-state index contributed by atoms with van der Waals surface area (Å²) in [5, 5.41) is 0.820. The van der Waals surface area contributed by atoms with Crippen molar-refractivity contribution in [2.24, 2.45) is 0 Å². The van der Waals surface area contributed by atoms with Gasteiger partial charge in [-0.15, -0.1) is 0 Å². The van der Waals surface area contributed by atoms with Gasteiger partial charge in [-0.2, -0.15) is 0 Å². The Morgan fingerprint density at radius 3 is 2.89 bits per heavy atom. The molecule has 1 aromatic carbocycles. The zero-order chi connectivity index (χ0) is 12.5. The van der Waals surface area contributed by atoms with Crippen LogP contribution >= 0.6 is 27.5 Å². The molecular formula is C14H16BrClO2. The lowest BCUT2D eigenvalue weighted by atomic mass is 10.0. The summed E-state index contributed by atoms with van der Waals surface area (Å²) in [4.78, 5) is 0.323. The van der Waals surface area contributed by atoms with Crippen molar-refractivity contribution >= 4 is 27.5 Å². The smallest absolute Gasteiger partial charge is 0.165 e. The molecule has 1 unspecified atom stereocenters. The van der Waals surface area contributed by atoms with Gasteiger partial charge in [-0.1, -0.05) is 34.0 Å². The van der Waals surface area contributed by atoms with Crippen molar-refractivity contribution < 1.29 is 9.47 Å². The first kappa shape index (κ1) is 12.6. The van der Waals surface area contributed by atoms with Crippen LogP contribution in [0.1, 0.15) is 41.6 Å². The minimum absolute atomic E-state index is 0.323. The number of ether oxygens (including phenoxy) is 2. The molecule has 1 atom stereocenters. The van der Waals surface area contributed by atoms with Crippen LogP contribution in [0.3, 0.4) is 0 Å². The average molecular weight is 332 g/mol. The Morgan fingerprint density at radius 1 is 1.17 bits per heavy atom. The zero-order valence-electron chi connectivity index (χ0n) is 10.2. The summed E-state index contributed by atoms with van der Waals surface area (Å²) in [6.07, 6.45) is 5.50. The molecule has 0 N–H and O–H groups in total. The average Bonchev–Trinajstić information content (AvgIpc) is 2.68. The van der Waals surface area contributed by atoms with Crippen LogP contribution in [-0.4, -0.2) is 13.2 Å². The molecule has 0 amide bonds. The van der Waals surface area contributed by atoms with Crippen LogP contribution in [-0.2, 0) is 6.42 Å². The molecule has 3 rings (SSSR count). The van der Waals surface area contributed by atoms with Gasteiger partial charge in [0.2, 0.25) is 0 Å². The van der Waals surface area contributed by atoms with E-state index < -0.39 is 0 Å². The third kappa shape index (κ3) is 2.23. The number of fused-ring (bicyclic) bond motifs is 3. The fourth-order valence-corrected chi connectivity index (χ4v) is 3.80. The van der Waals surface area contributed by atoms with E-state index in [1.54, 1.807) is 0 Å². The number of benzene rings is 1. The molecule has 18 heavy (non-hydrogen) atoms. The molecule has 98 valence electrons. The van der Waals surface area contributed by atoms with Gasteiger partial charge in [-0.05, 0) is 24.8 Å². The van der Waals surface area contributed by atoms with E-state index in [-0.39, 0.29) is 0 Å². The molecule has 0 aromatic heterocycles. The first-order valence-electron chi connectivity index (χ1n) is 6.52. The van der Waals surface area contributed by atoms with Gasteiger partial charge in [0.1, 0.15) is 0 Å². The van der Waals surface area contributed by atoms with Crippen molar-refractivity contribution in [1.82, 2.24) is 0 Å². The van der Waals surface area contributed by atoms with E-state index in [0.717, 1.165) is 42.4 Å². The molecule has 1 heterocycles. The number of hydrogen-bond donors (Lipinski definition) is 0. The summed E-state index contributed by atoms with van der Waals surface area (Å²) in [6.45, 7) is 1.43. The normalized spacial score (nSPS) is 22.9. The maximum Gasteiger partial charge on any atom is 0.165 e. The van der Waals surface area contributed by atoms with E-state index in [1.807, 2.05) is 6.07 Å². The Bertz CT molecular complexity index is 462. The van der Waals surface area contributed by atoms with Gasteiger partial charge in [0, 0.05) is 27.9 Å². The highest BCUT2D eigenvalue weighted by Gasteiger charge is 2.27. The quantitative estimate of drug-likeness (QED) is 0.508. The molecule has 4 heteroatoms. The Kier molecular flexibility index (Phi) is 3.71. The van der Waals surface area contributed by atoms with Gasteiger partial charge in [0.25, 0.3) is 0 Å². The molecule has 0 fully saturated rings. The van der Waals surface area contributed by atoms with E-state index in [9.17, 15) is 0 Å². The summed E-state index contributed by atoms with van der Waals surface area (Å²) < 4.78 is 11.7. The second kappa shape index (κ2) is 5.30. The molecule has 0 bridgehead atoms. The largest absolute Gasteiger partial charge is 0.489 e. The predicted octanol–water partition coefficient (Wildman–Crippen LogP) is 4.66. The Morgan fingerprint density at radius 2 is 2.00 bits per heavy atom. The molecule has 1 aliphatic heterocycles. The minimum atomic E-state index is 0.323. The van der Waals surface area contributed by atoms with Crippen molar-refractivity contribution in [3.8, 4) is 11.5 Å². The van der Waals surface area contributed by atoms with Crippen LogP contribution in [0.25, 0.3) is 0 Å². The van der Waals surface area contributed by atoms with Crippen LogP contribution in [0.4, 0.5) is 0 Å². The van der Waals surface area contributed by atoms with Gasteiger partial charge >= 0.3 is 0 Å². The zero-order valence-corrected chi connectivity index (χ0v) is 12.5. The summed E-state index contributed by atoms with van der Waals surface area (Å²) in [6, 6.07) is 1.92. The predicted molar refractivity (Wildman–Crippen MR) is 76.3 cm³/mol. The second-order valence-electron chi connectivity index (χ2n) is 4.84. The van der Waals surface area contributed by atoms with Crippen molar-refractivity contribution in [3.05, 3.63) is 22.2 Å². The highest BCUT2D eigenvalue weighted by atomic mass is 79.9. The van der Waals surface area contributed by atoms with Gasteiger partial charge in [0.15, 0.2) is 11.5 Å². The van der Waals surface area contributed by atoms with Gasteiger partial charge in [-0.25, -0.2) is 0 Å². The first-order valence-corrected chi connectivity index (χ1v) is 7.81. The number of halogens is 2. The molecule has 2 nitrogen and oxygen atoms in total. The summed E-state index contributed by atoms with van der Waals surface area (Å²) >= 11 is 10.2. The van der Waals surface area contributed by atoms with Gasteiger partial charge < -0.3 is 9.47 Å². The van der Waals surface area contributed by atoms with Crippen molar-refractivity contribution in [2.45, 2.75) is 36.9 Å². The van der Waals surface area contributed by atoms with Gasteiger partial charge in [0.05, 0.1) is 13.2 Å². The maximum absolute atomic E-state index is 6.41. The lowest BCUT2D eigenvalue weighted by molar-refractivity contribution is 0.296. The number of alkyl halides is 1. The standard InChI is InChI=1S/C14H16BrClO2/c15-10-5-2-1-4-9-11(16)8-12-14(13(9)10)18-7-3-6-17-12/h8,10H,1-7H2. The summed E-state index contributed by atoms with van der Waals surface area (Å²) in [5.74, 6) is 1.72. The Balaban J connectivity index is 2.17. The van der Waals surface area contributed by atoms with Crippen LogP contribution in [0.5, 0.6) is 11.5 Å². The third-order valence-corrected chi connectivity index (χ3v) is 4.83. The monoisotopic (exact) mass is 330 g/mol. The van der Waals surface area contributed by atoms with Crippen molar-refractivity contribution in [2.75, 3.05) is 13.2 Å². The molecule has 0 radical (unpaired) electrons. The number of hydrogen-bond acceptors (Lipinski definition) is 2. The van der Waals surface area contributed by atoms with Gasteiger partial charge in [-0.3, -0.25) is 0 Å². The van der Waals surface area contributed by atoms with Crippen LogP contribution < -0.4 is 9.47 Å². The summed E-state index contributed by atoms with van der Waals surface area (Å²) in [7, 11) is 0. The first-order chi connectivity index (χ1) is 8.77. The van der Waals surface area contributed by atoms with E-state index in [1.165, 1.54) is 24.0 Å². The number of rotatable bonds is 0. The molecule has 0 spiro atoms. The minimum Gasteiger partial charge on any atom is -0.489 e. The van der Waals surface area contributed by atoms with E-state index >= 15 is 0 Å². The topological polar surface area (TPSA) is 18.5 Å². The van der Waals surface area contributed by atoms with E-state index in [4.69, 9.17) is 21.1 Å². The van der Waals surface area contributed by atoms with E-state index in [2.05, 4.69) is 15.9 Å². The molecule has 1 aliphatic carbocycles. The molecule has 1 aromatic rings. The molecule has 0 saturated heterocycles. The Labute approximate surface area is 121 Å². The lowest BCUT2D eigenvalue weighted by Gasteiger charge is -2.19. The Hall–Kier alpha value is -0.410. The van der Waals surface area contributed by atoms with Crippen LogP contribution in [0.15, 0.2) is 6.07 Å².